The van der Waals surface area contributed by atoms with Crippen LogP contribution >= 0.6 is 11.8 Å². The minimum atomic E-state index is -0.616. The van der Waals surface area contributed by atoms with Crippen molar-refractivity contribution >= 4 is 34.6 Å². The van der Waals surface area contributed by atoms with Crippen molar-refractivity contribution in [1.82, 2.24) is 25.2 Å². The fraction of sp³-hybridized carbons (Fsp3) is 0.333. The van der Waals surface area contributed by atoms with Crippen molar-refractivity contribution in [3.05, 3.63) is 78.0 Å². The minimum absolute atomic E-state index is 0.0125. The van der Waals surface area contributed by atoms with Gasteiger partial charge in [-0.05, 0) is 82.2 Å². The van der Waals surface area contributed by atoms with Crippen molar-refractivity contribution in [2.75, 3.05) is 6.26 Å². The number of rotatable bonds is 8. The third-order valence-corrected chi connectivity index (χ3v) is 7.85. The van der Waals surface area contributed by atoms with Gasteiger partial charge in [0, 0.05) is 23.0 Å². The maximum Gasteiger partial charge on any atom is 0.257 e. The van der Waals surface area contributed by atoms with E-state index in [1.165, 1.54) is 0 Å². The second kappa shape index (κ2) is 12.1. The third-order valence-electron chi connectivity index (χ3n) is 7.12. The van der Waals surface area contributed by atoms with Crippen LogP contribution in [0.25, 0.3) is 11.0 Å². The first-order chi connectivity index (χ1) is 19.3. The SMILES string of the molecule is CSc1cccc(Oc2ncc(F)cc2C(=O)NC2CCC(NC(=O)c3cccc4c3ncn4C(C)C)CC2)c1. The number of carbonyl (C=O) groups is 2. The predicted molar refractivity (Wildman–Crippen MR) is 154 cm³/mol. The molecule has 0 unspecified atom stereocenters. The molecule has 2 aromatic heterocycles. The number of fused-ring (bicyclic) bond motifs is 1. The van der Waals surface area contributed by atoms with E-state index >= 15 is 0 Å². The van der Waals surface area contributed by atoms with Gasteiger partial charge in [-0.2, -0.15) is 0 Å². The molecule has 2 aromatic carbocycles. The van der Waals surface area contributed by atoms with Crippen LogP contribution in [0.4, 0.5) is 4.39 Å². The number of pyridine rings is 1. The van der Waals surface area contributed by atoms with E-state index in [2.05, 4.69) is 34.4 Å². The molecule has 4 aromatic rings. The van der Waals surface area contributed by atoms with Crippen LogP contribution in [0.5, 0.6) is 11.6 Å². The largest absolute Gasteiger partial charge is 0.438 e. The highest BCUT2D eigenvalue weighted by Gasteiger charge is 2.26. The molecular formula is C30H32FN5O3S. The van der Waals surface area contributed by atoms with E-state index in [0.29, 0.717) is 42.5 Å². The van der Waals surface area contributed by atoms with Crippen LogP contribution in [0.2, 0.25) is 0 Å². The summed E-state index contributed by atoms with van der Waals surface area (Å²) in [5.41, 5.74) is 2.22. The number of aromatic nitrogens is 3. The third kappa shape index (κ3) is 6.12. The van der Waals surface area contributed by atoms with Crippen molar-refractivity contribution in [3.63, 3.8) is 0 Å². The maximum absolute atomic E-state index is 14.0. The molecule has 5 rings (SSSR count). The molecule has 2 N–H and O–H groups in total. The summed E-state index contributed by atoms with van der Waals surface area (Å²) in [5, 5.41) is 6.14. The van der Waals surface area contributed by atoms with E-state index in [1.807, 2.05) is 41.2 Å². The second-order valence-electron chi connectivity index (χ2n) is 10.2. The van der Waals surface area contributed by atoms with Gasteiger partial charge in [0.2, 0.25) is 5.88 Å². The van der Waals surface area contributed by atoms with Gasteiger partial charge in [0.05, 0.1) is 23.6 Å². The standard InChI is InChI=1S/C30H32FN5O3S/c1-18(2)36-17-33-27-24(8-5-9-26(27)36)28(37)34-20-10-12-21(13-11-20)35-29(38)25-14-19(31)16-32-30(25)39-22-6-4-7-23(15-22)40-3/h4-9,14-18,20-21H,10-13H2,1-3H3,(H,34,37)(H,35,38). The molecule has 0 aliphatic heterocycles. The van der Waals surface area contributed by atoms with Gasteiger partial charge in [0.1, 0.15) is 22.6 Å². The van der Waals surface area contributed by atoms with Gasteiger partial charge in [0.15, 0.2) is 0 Å². The lowest BCUT2D eigenvalue weighted by atomic mass is 9.90. The Balaban J connectivity index is 1.20. The smallest absolute Gasteiger partial charge is 0.257 e. The van der Waals surface area contributed by atoms with Gasteiger partial charge < -0.3 is 19.9 Å². The summed E-state index contributed by atoms with van der Waals surface area (Å²) in [6.45, 7) is 4.16. The highest BCUT2D eigenvalue weighted by atomic mass is 32.2. The number of carbonyl (C=O) groups excluding carboxylic acids is 2. The topological polar surface area (TPSA) is 98.1 Å². The number of nitrogens with zero attached hydrogens (tertiary/aromatic N) is 3. The zero-order chi connectivity index (χ0) is 28.2. The van der Waals surface area contributed by atoms with Gasteiger partial charge in [-0.1, -0.05) is 12.1 Å². The van der Waals surface area contributed by atoms with Gasteiger partial charge in [0.25, 0.3) is 11.8 Å². The molecule has 40 heavy (non-hydrogen) atoms. The molecule has 1 saturated carbocycles. The van der Waals surface area contributed by atoms with Crippen LogP contribution in [0.3, 0.4) is 0 Å². The zero-order valence-electron chi connectivity index (χ0n) is 22.7. The van der Waals surface area contributed by atoms with Crippen LogP contribution in [0.15, 0.2) is 66.0 Å². The lowest BCUT2D eigenvalue weighted by molar-refractivity contribution is 0.0890. The Bertz CT molecular complexity index is 1530. The lowest BCUT2D eigenvalue weighted by Crippen LogP contribution is -2.44. The number of thioether (sulfide) groups is 1. The maximum atomic E-state index is 14.0. The number of imidazole rings is 1. The Labute approximate surface area is 236 Å². The van der Waals surface area contributed by atoms with E-state index in [0.717, 1.165) is 22.7 Å². The highest BCUT2D eigenvalue weighted by Crippen LogP contribution is 2.28. The Kier molecular flexibility index (Phi) is 8.35. The molecule has 0 saturated heterocycles. The Morgan fingerprint density at radius 3 is 2.33 bits per heavy atom. The minimum Gasteiger partial charge on any atom is -0.438 e. The van der Waals surface area contributed by atoms with E-state index < -0.39 is 11.7 Å². The normalized spacial score (nSPS) is 17.1. The predicted octanol–water partition coefficient (Wildman–Crippen LogP) is 6.14. The number of hydrogen-bond donors (Lipinski definition) is 2. The number of ether oxygens (including phenoxy) is 1. The Morgan fingerprint density at radius 2 is 1.65 bits per heavy atom. The number of benzene rings is 2. The Hall–Kier alpha value is -3.92. The monoisotopic (exact) mass is 561 g/mol. The molecule has 0 bridgehead atoms. The van der Waals surface area contributed by atoms with Gasteiger partial charge in [-0.3, -0.25) is 9.59 Å². The molecule has 10 heteroatoms. The molecule has 1 fully saturated rings. The Morgan fingerprint density at radius 1 is 0.975 bits per heavy atom. The first kappa shape index (κ1) is 27.6. The van der Waals surface area contributed by atoms with Crippen LogP contribution in [0.1, 0.15) is 66.3 Å². The fourth-order valence-corrected chi connectivity index (χ4v) is 5.46. The first-order valence-electron chi connectivity index (χ1n) is 13.4. The van der Waals surface area contributed by atoms with Crippen LogP contribution in [-0.2, 0) is 0 Å². The van der Waals surface area contributed by atoms with Crippen molar-refractivity contribution in [3.8, 4) is 11.6 Å². The quantitative estimate of drug-likeness (QED) is 0.251. The van der Waals surface area contributed by atoms with Crippen molar-refractivity contribution < 1.29 is 18.7 Å². The van der Waals surface area contributed by atoms with Crippen LogP contribution in [-0.4, -0.2) is 44.7 Å². The summed E-state index contributed by atoms with van der Waals surface area (Å²) in [6, 6.07) is 14.3. The van der Waals surface area contributed by atoms with Crippen LogP contribution < -0.4 is 15.4 Å². The highest BCUT2D eigenvalue weighted by molar-refractivity contribution is 7.98. The molecule has 1 aliphatic rings. The molecule has 0 spiro atoms. The second-order valence-corrected chi connectivity index (χ2v) is 11.1. The first-order valence-corrected chi connectivity index (χ1v) is 14.6. The summed E-state index contributed by atoms with van der Waals surface area (Å²) in [4.78, 5) is 35.8. The van der Waals surface area contributed by atoms with E-state index in [-0.39, 0.29) is 35.5 Å². The molecule has 8 nitrogen and oxygen atoms in total. The molecule has 1 aliphatic carbocycles. The lowest BCUT2D eigenvalue weighted by Gasteiger charge is -2.29. The number of para-hydroxylation sites is 1. The summed E-state index contributed by atoms with van der Waals surface area (Å²) < 4.78 is 22.0. The van der Waals surface area contributed by atoms with Gasteiger partial charge in [-0.15, -0.1) is 11.8 Å². The summed E-state index contributed by atoms with van der Waals surface area (Å²) in [6.07, 6.45) is 7.53. The number of hydrogen-bond acceptors (Lipinski definition) is 6. The zero-order valence-corrected chi connectivity index (χ0v) is 23.5. The van der Waals surface area contributed by atoms with Crippen molar-refractivity contribution in [1.29, 1.82) is 0 Å². The molecule has 0 atom stereocenters. The van der Waals surface area contributed by atoms with E-state index in [4.69, 9.17) is 4.74 Å². The summed E-state index contributed by atoms with van der Waals surface area (Å²) in [7, 11) is 0. The summed E-state index contributed by atoms with van der Waals surface area (Å²) >= 11 is 1.56. The van der Waals surface area contributed by atoms with E-state index in [1.54, 1.807) is 30.2 Å². The van der Waals surface area contributed by atoms with Crippen molar-refractivity contribution in [2.24, 2.45) is 0 Å². The number of halogens is 1. The average Bonchev–Trinajstić information content (AvgIpc) is 3.40. The van der Waals surface area contributed by atoms with Gasteiger partial charge in [-0.25, -0.2) is 14.4 Å². The molecule has 0 radical (unpaired) electrons. The number of nitrogens with one attached hydrogen (secondary N) is 2. The summed E-state index contributed by atoms with van der Waals surface area (Å²) in [5.74, 6) is -0.640. The molecule has 2 heterocycles. The van der Waals surface area contributed by atoms with Gasteiger partial charge >= 0.3 is 0 Å². The average molecular weight is 562 g/mol. The van der Waals surface area contributed by atoms with Crippen LogP contribution in [0, 0.1) is 5.82 Å². The molecular weight excluding hydrogens is 529 g/mol. The number of amides is 2. The molecule has 2 amide bonds. The van der Waals surface area contributed by atoms with Crippen molar-refractivity contribution in [2.45, 2.75) is 62.6 Å². The van der Waals surface area contributed by atoms with E-state index in [9.17, 15) is 14.0 Å². The molecule has 208 valence electrons. The fourth-order valence-electron chi connectivity index (χ4n) is 5.01.